The van der Waals surface area contributed by atoms with Crippen LogP contribution < -0.4 is 10.1 Å². The van der Waals surface area contributed by atoms with Gasteiger partial charge in [-0.3, -0.25) is 4.79 Å². The van der Waals surface area contributed by atoms with Crippen molar-refractivity contribution >= 4 is 21.7 Å². The SMILES string of the molecule is COc1ccc(S(C)(=O)=O)cc1C(=O)N[C@@H](C(=O)O)C(C)C. The van der Waals surface area contributed by atoms with Crippen molar-refractivity contribution in [1.29, 1.82) is 0 Å². The Balaban J connectivity index is 3.23. The summed E-state index contributed by atoms with van der Waals surface area (Å²) in [5, 5.41) is 11.5. The maximum Gasteiger partial charge on any atom is 0.326 e. The van der Waals surface area contributed by atoms with Crippen molar-refractivity contribution in [2.75, 3.05) is 13.4 Å². The molecule has 122 valence electrons. The Bertz CT molecular complexity index is 681. The molecular weight excluding hydrogens is 310 g/mol. The molecule has 2 N–H and O–H groups in total. The summed E-state index contributed by atoms with van der Waals surface area (Å²) in [6.45, 7) is 3.31. The molecule has 0 radical (unpaired) electrons. The van der Waals surface area contributed by atoms with Crippen LogP contribution in [0.1, 0.15) is 24.2 Å². The van der Waals surface area contributed by atoms with Crippen LogP contribution in [0.3, 0.4) is 0 Å². The maximum absolute atomic E-state index is 12.3. The van der Waals surface area contributed by atoms with E-state index < -0.39 is 27.8 Å². The van der Waals surface area contributed by atoms with Crippen molar-refractivity contribution in [2.45, 2.75) is 24.8 Å². The molecule has 1 aromatic carbocycles. The number of ether oxygens (including phenoxy) is 1. The van der Waals surface area contributed by atoms with Gasteiger partial charge in [0, 0.05) is 6.26 Å². The highest BCUT2D eigenvalue weighted by molar-refractivity contribution is 7.90. The lowest BCUT2D eigenvalue weighted by atomic mass is 10.0. The van der Waals surface area contributed by atoms with Crippen LogP contribution in [0.5, 0.6) is 5.75 Å². The number of sulfone groups is 1. The molecule has 1 atom stereocenters. The largest absolute Gasteiger partial charge is 0.496 e. The van der Waals surface area contributed by atoms with Crippen molar-refractivity contribution in [3.63, 3.8) is 0 Å². The maximum atomic E-state index is 12.3. The molecule has 0 heterocycles. The molecule has 1 rings (SSSR count). The van der Waals surface area contributed by atoms with Crippen molar-refractivity contribution in [1.82, 2.24) is 5.32 Å². The predicted octanol–water partition coefficient (Wildman–Crippen LogP) is 0.938. The third kappa shape index (κ3) is 4.20. The summed E-state index contributed by atoms with van der Waals surface area (Å²) in [6, 6.07) is 2.76. The molecule has 7 nitrogen and oxygen atoms in total. The van der Waals surface area contributed by atoms with E-state index in [-0.39, 0.29) is 22.1 Å². The molecule has 0 unspecified atom stereocenters. The van der Waals surface area contributed by atoms with E-state index in [4.69, 9.17) is 9.84 Å². The average molecular weight is 329 g/mol. The highest BCUT2D eigenvalue weighted by Gasteiger charge is 2.26. The van der Waals surface area contributed by atoms with E-state index >= 15 is 0 Å². The summed E-state index contributed by atoms with van der Waals surface area (Å²) >= 11 is 0. The molecule has 0 aliphatic carbocycles. The fraction of sp³-hybridized carbons (Fsp3) is 0.429. The summed E-state index contributed by atoms with van der Waals surface area (Å²) in [4.78, 5) is 23.4. The Labute approximate surface area is 129 Å². The molecule has 0 fully saturated rings. The number of carbonyl (C=O) groups is 2. The number of aliphatic carboxylic acids is 1. The van der Waals surface area contributed by atoms with Crippen LogP contribution in [-0.4, -0.2) is 44.8 Å². The van der Waals surface area contributed by atoms with Gasteiger partial charge in [-0.15, -0.1) is 0 Å². The van der Waals surface area contributed by atoms with Gasteiger partial charge < -0.3 is 15.2 Å². The van der Waals surface area contributed by atoms with Crippen molar-refractivity contribution in [3.05, 3.63) is 23.8 Å². The first kappa shape index (κ1) is 18.0. The molecule has 8 heteroatoms. The minimum atomic E-state index is -3.50. The van der Waals surface area contributed by atoms with Crippen LogP contribution in [0.4, 0.5) is 0 Å². The highest BCUT2D eigenvalue weighted by atomic mass is 32.2. The topological polar surface area (TPSA) is 110 Å². The Morgan fingerprint density at radius 2 is 1.86 bits per heavy atom. The van der Waals surface area contributed by atoms with Crippen LogP contribution in [0.25, 0.3) is 0 Å². The van der Waals surface area contributed by atoms with Crippen molar-refractivity contribution in [2.24, 2.45) is 5.92 Å². The number of amides is 1. The van der Waals surface area contributed by atoms with Gasteiger partial charge in [-0.2, -0.15) is 0 Å². The van der Waals surface area contributed by atoms with Crippen molar-refractivity contribution in [3.8, 4) is 5.75 Å². The molecule has 0 aromatic heterocycles. The van der Waals surface area contributed by atoms with Crippen LogP contribution in [0.2, 0.25) is 0 Å². The first-order valence-corrected chi connectivity index (χ1v) is 8.38. The van der Waals surface area contributed by atoms with Crippen molar-refractivity contribution < 1.29 is 27.9 Å². The van der Waals surface area contributed by atoms with Gasteiger partial charge in [-0.25, -0.2) is 13.2 Å². The van der Waals surface area contributed by atoms with Gasteiger partial charge in [0.25, 0.3) is 5.91 Å². The third-order valence-electron chi connectivity index (χ3n) is 3.06. The van der Waals surface area contributed by atoms with E-state index in [2.05, 4.69) is 5.32 Å². The summed E-state index contributed by atoms with van der Waals surface area (Å²) in [5.74, 6) is -2.03. The van der Waals surface area contributed by atoms with Gasteiger partial charge in [-0.1, -0.05) is 13.8 Å². The third-order valence-corrected chi connectivity index (χ3v) is 4.17. The first-order valence-electron chi connectivity index (χ1n) is 6.49. The number of carbonyl (C=O) groups excluding carboxylic acids is 1. The smallest absolute Gasteiger partial charge is 0.326 e. The van der Waals surface area contributed by atoms with Gasteiger partial charge in [-0.05, 0) is 24.1 Å². The van der Waals surface area contributed by atoms with Gasteiger partial charge in [0.1, 0.15) is 11.8 Å². The lowest BCUT2D eigenvalue weighted by Gasteiger charge is -2.19. The van der Waals surface area contributed by atoms with Crippen LogP contribution in [0, 0.1) is 5.92 Å². The minimum absolute atomic E-state index is 0.0303. The standard InChI is InChI=1S/C14H19NO6S/c1-8(2)12(14(17)18)15-13(16)10-7-9(22(4,19)20)5-6-11(10)21-3/h5-8,12H,1-4H3,(H,15,16)(H,17,18)/t12-/m1/s1. The minimum Gasteiger partial charge on any atom is -0.496 e. The second-order valence-corrected chi connectivity index (χ2v) is 7.18. The second kappa shape index (κ2) is 6.78. The van der Waals surface area contributed by atoms with E-state index in [9.17, 15) is 18.0 Å². The monoisotopic (exact) mass is 329 g/mol. The number of benzene rings is 1. The molecule has 0 aliphatic heterocycles. The molecule has 22 heavy (non-hydrogen) atoms. The zero-order valence-electron chi connectivity index (χ0n) is 12.8. The van der Waals surface area contributed by atoms with Crippen LogP contribution >= 0.6 is 0 Å². The number of hydrogen-bond donors (Lipinski definition) is 2. The zero-order valence-corrected chi connectivity index (χ0v) is 13.6. The van der Waals surface area contributed by atoms with E-state index in [0.717, 1.165) is 6.26 Å². The second-order valence-electron chi connectivity index (χ2n) is 5.17. The molecule has 1 amide bonds. The first-order chi connectivity index (χ1) is 10.1. The van der Waals surface area contributed by atoms with Gasteiger partial charge >= 0.3 is 5.97 Å². The predicted molar refractivity (Wildman–Crippen MR) is 79.8 cm³/mol. The van der Waals surface area contributed by atoms with E-state index in [1.165, 1.54) is 25.3 Å². The molecule has 1 aromatic rings. The number of carboxylic acids is 1. The molecule has 0 saturated carbocycles. The van der Waals surface area contributed by atoms with E-state index in [1.807, 2.05) is 0 Å². The van der Waals surface area contributed by atoms with Gasteiger partial charge in [0.2, 0.25) is 0 Å². The highest BCUT2D eigenvalue weighted by Crippen LogP contribution is 2.23. The molecule has 0 bridgehead atoms. The van der Waals surface area contributed by atoms with E-state index in [1.54, 1.807) is 13.8 Å². The number of nitrogens with one attached hydrogen (secondary N) is 1. The normalized spacial score (nSPS) is 12.8. The number of methoxy groups -OCH3 is 1. The summed E-state index contributed by atoms with van der Waals surface area (Å²) in [7, 11) is -2.16. The van der Waals surface area contributed by atoms with Gasteiger partial charge in [0.15, 0.2) is 9.84 Å². The number of carboxylic acid groups (broad SMARTS) is 1. The quantitative estimate of drug-likeness (QED) is 0.803. The fourth-order valence-corrected chi connectivity index (χ4v) is 2.47. The van der Waals surface area contributed by atoms with Crippen LogP contribution in [0.15, 0.2) is 23.1 Å². The Hall–Kier alpha value is -2.09. The molecule has 0 saturated heterocycles. The summed E-state index contributed by atoms with van der Waals surface area (Å²) in [6.07, 6.45) is 1.02. The van der Waals surface area contributed by atoms with E-state index in [0.29, 0.717) is 0 Å². The Morgan fingerprint density at radius 3 is 2.27 bits per heavy atom. The number of rotatable bonds is 6. The Kier molecular flexibility index (Phi) is 5.54. The summed E-state index contributed by atoms with van der Waals surface area (Å²) < 4.78 is 28.2. The van der Waals surface area contributed by atoms with Crippen LogP contribution in [-0.2, 0) is 14.6 Å². The lowest BCUT2D eigenvalue weighted by molar-refractivity contribution is -0.140. The molecule has 0 spiro atoms. The Morgan fingerprint density at radius 1 is 1.27 bits per heavy atom. The lowest BCUT2D eigenvalue weighted by Crippen LogP contribution is -2.44. The average Bonchev–Trinajstić information content (AvgIpc) is 2.41. The summed E-state index contributed by atoms with van der Waals surface area (Å²) in [5.41, 5.74) is -0.0303. The number of hydrogen-bond acceptors (Lipinski definition) is 5. The zero-order chi connectivity index (χ0) is 17.1. The van der Waals surface area contributed by atoms with Gasteiger partial charge in [0.05, 0.1) is 17.6 Å². The fourth-order valence-electron chi connectivity index (χ4n) is 1.83. The molecular formula is C14H19NO6S. The molecule has 0 aliphatic rings.